The zero-order chi connectivity index (χ0) is 28.9. The highest BCUT2D eigenvalue weighted by atomic mass is 32.2. The molecule has 40 heavy (non-hydrogen) atoms. The van der Waals surface area contributed by atoms with Gasteiger partial charge in [0.15, 0.2) is 0 Å². The van der Waals surface area contributed by atoms with Crippen LogP contribution in [0.5, 0.6) is 0 Å². The lowest BCUT2D eigenvalue weighted by Crippen LogP contribution is -2.42. The van der Waals surface area contributed by atoms with E-state index in [0.29, 0.717) is 36.0 Å². The molecule has 220 valence electrons. The van der Waals surface area contributed by atoms with Crippen LogP contribution in [0.2, 0.25) is 0 Å². The van der Waals surface area contributed by atoms with E-state index in [-0.39, 0.29) is 12.0 Å². The highest BCUT2D eigenvalue weighted by Gasteiger charge is 2.25. The molecular formula is C32H45NO5S2. The molecule has 0 saturated heterocycles. The molecule has 1 N–H and O–H groups in total. The third-order valence-corrected chi connectivity index (χ3v) is 9.70. The average Bonchev–Trinajstić information content (AvgIpc) is 2.98. The fraction of sp³-hybridized carbons (Fsp3) is 0.562. The van der Waals surface area contributed by atoms with Crippen LogP contribution < -0.4 is 5.32 Å². The van der Waals surface area contributed by atoms with Crippen molar-refractivity contribution in [1.82, 2.24) is 5.32 Å². The van der Waals surface area contributed by atoms with Gasteiger partial charge in [-0.1, -0.05) is 69.4 Å². The lowest BCUT2D eigenvalue weighted by Gasteiger charge is -2.26. The Balaban J connectivity index is 1.85. The molecule has 3 rings (SSSR count). The number of aryl methyl sites for hydroxylation is 1. The molecule has 3 atom stereocenters. The first-order chi connectivity index (χ1) is 19.4. The van der Waals surface area contributed by atoms with Crippen molar-refractivity contribution in [3.05, 3.63) is 59.2 Å². The van der Waals surface area contributed by atoms with Crippen LogP contribution in [0.3, 0.4) is 0 Å². The van der Waals surface area contributed by atoms with Crippen LogP contribution in [0.4, 0.5) is 0 Å². The van der Waals surface area contributed by atoms with E-state index in [4.69, 9.17) is 9.47 Å². The van der Waals surface area contributed by atoms with E-state index in [9.17, 15) is 13.8 Å². The molecule has 1 aliphatic carbocycles. The number of carbonyl (C=O) groups is 2. The Kier molecular flexibility index (Phi) is 13.7. The van der Waals surface area contributed by atoms with E-state index < -0.39 is 22.8 Å². The Morgan fingerprint density at radius 2 is 1.85 bits per heavy atom. The smallest absolute Gasteiger partial charge is 0.328 e. The maximum atomic E-state index is 13.5. The van der Waals surface area contributed by atoms with Crippen LogP contribution in [0.25, 0.3) is 11.1 Å². The van der Waals surface area contributed by atoms with Gasteiger partial charge in [-0.3, -0.25) is 9.00 Å². The van der Waals surface area contributed by atoms with Crippen molar-refractivity contribution >= 4 is 34.4 Å². The minimum atomic E-state index is -0.897. The van der Waals surface area contributed by atoms with E-state index in [1.54, 1.807) is 11.8 Å². The molecule has 1 unspecified atom stereocenters. The van der Waals surface area contributed by atoms with Crippen LogP contribution in [-0.4, -0.2) is 58.9 Å². The van der Waals surface area contributed by atoms with Crippen LogP contribution in [-0.2, 0) is 31.7 Å². The van der Waals surface area contributed by atoms with Gasteiger partial charge >= 0.3 is 5.97 Å². The van der Waals surface area contributed by atoms with Gasteiger partial charge in [0.1, 0.15) is 6.04 Å². The summed E-state index contributed by atoms with van der Waals surface area (Å²) >= 11 is 1.62. The van der Waals surface area contributed by atoms with Gasteiger partial charge in [-0.05, 0) is 72.1 Å². The molecule has 0 aromatic heterocycles. The third kappa shape index (κ3) is 9.74. The second-order valence-corrected chi connectivity index (χ2v) is 13.4. The average molecular weight is 588 g/mol. The number of nitrogens with one attached hydrogen (secondary N) is 1. The number of carbonyl (C=O) groups excluding carboxylic acids is 2. The highest BCUT2D eigenvalue weighted by molar-refractivity contribution is 7.98. The van der Waals surface area contributed by atoms with Crippen molar-refractivity contribution in [2.45, 2.75) is 77.5 Å². The minimum absolute atomic E-state index is 0.0500. The van der Waals surface area contributed by atoms with Gasteiger partial charge in [0.2, 0.25) is 0 Å². The zero-order valence-electron chi connectivity index (χ0n) is 24.4. The topological polar surface area (TPSA) is 81.7 Å². The van der Waals surface area contributed by atoms with Crippen LogP contribution in [0.1, 0.15) is 73.4 Å². The monoisotopic (exact) mass is 587 g/mol. The number of ether oxygens (including phenoxy) is 2. The van der Waals surface area contributed by atoms with Gasteiger partial charge in [0.05, 0.1) is 19.8 Å². The molecule has 0 aliphatic heterocycles. The number of rotatable bonds is 15. The fourth-order valence-electron chi connectivity index (χ4n) is 5.36. The van der Waals surface area contributed by atoms with E-state index in [1.165, 1.54) is 39.2 Å². The van der Waals surface area contributed by atoms with Crippen molar-refractivity contribution < 1.29 is 23.3 Å². The first-order valence-corrected chi connectivity index (χ1v) is 17.3. The summed E-state index contributed by atoms with van der Waals surface area (Å²) in [5.74, 6) is 1.80. The van der Waals surface area contributed by atoms with Gasteiger partial charge in [0.25, 0.3) is 5.91 Å². The quantitative estimate of drug-likeness (QED) is 0.246. The van der Waals surface area contributed by atoms with Crippen molar-refractivity contribution in [2.75, 3.05) is 30.6 Å². The van der Waals surface area contributed by atoms with E-state index in [2.05, 4.69) is 5.32 Å². The predicted molar refractivity (Wildman–Crippen MR) is 166 cm³/mol. The van der Waals surface area contributed by atoms with Gasteiger partial charge in [-0.2, -0.15) is 11.8 Å². The van der Waals surface area contributed by atoms with Gasteiger partial charge < -0.3 is 14.8 Å². The highest BCUT2D eigenvalue weighted by Crippen LogP contribution is 2.31. The summed E-state index contributed by atoms with van der Waals surface area (Å²) in [5, 5.41) is 2.90. The molecule has 8 heteroatoms. The van der Waals surface area contributed by atoms with E-state index in [1.807, 2.05) is 62.6 Å². The summed E-state index contributed by atoms with van der Waals surface area (Å²) < 4.78 is 23.8. The first-order valence-electron chi connectivity index (χ1n) is 14.4. The molecule has 1 amide bonds. The fourth-order valence-corrected chi connectivity index (χ4v) is 6.71. The van der Waals surface area contributed by atoms with Gasteiger partial charge in [0, 0.05) is 27.9 Å². The Bertz CT molecular complexity index is 1130. The normalized spacial score (nSPS) is 16.2. The molecule has 2 aromatic rings. The number of hydrogen-bond donors (Lipinski definition) is 1. The van der Waals surface area contributed by atoms with Crippen LogP contribution in [0.15, 0.2) is 42.5 Å². The molecule has 2 aromatic carbocycles. The molecule has 1 aliphatic rings. The number of thioether (sulfide) groups is 1. The van der Waals surface area contributed by atoms with E-state index in [0.717, 1.165) is 34.4 Å². The van der Waals surface area contributed by atoms with Crippen molar-refractivity contribution in [3.8, 4) is 11.1 Å². The third-order valence-electron chi connectivity index (χ3n) is 7.67. The van der Waals surface area contributed by atoms with Gasteiger partial charge in [-0.25, -0.2) is 4.79 Å². The Morgan fingerprint density at radius 1 is 1.10 bits per heavy atom. The minimum Gasteiger partial charge on any atom is -0.467 e. The lowest BCUT2D eigenvalue weighted by atomic mass is 9.85. The van der Waals surface area contributed by atoms with Crippen molar-refractivity contribution in [1.29, 1.82) is 0 Å². The molecule has 0 radical (unpaired) electrons. The number of methoxy groups -OCH3 is 1. The van der Waals surface area contributed by atoms with Gasteiger partial charge in [-0.15, -0.1) is 0 Å². The molecule has 6 nitrogen and oxygen atoms in total. The Hall–Kier alpha value is -2.16. The van der Waals surface area contributed by atoms with Crippen LogP contribution in [0, 0.1) is 12.8 Å². The SMILES string of the molecule is CCS(=O)C[C@H](CC1CCCCC1)OCc1ccc(C(=O)N[C@@H](CCSC)C(=O)OC)c(-c2ccccc2C)c1. The molecule has 0 spiro atoms. The molecular weight excluding hydrogens is 542 g/mol. The van der Waals surface area contributed by atoms with Crippen LogP contribution >= 0.6 is 11.8 Å². The summed E-state index contributed by atoms with van der Waals surface area (Å²) in [6.07, 6.45) is 9.65. The van der Waals surface area contributed by atoms with E-state index >= 15 is 0 Å². The van der Waals surface area contributed by atoms with Crippen molar-refractivity contribution in [2.24, 2.45) is 5.92 Å². The summed E-state index contributed by atoms with van der Waals surface area (Å²) in [4.78, 5) is 25.9. The number of esters is 1. The first kappa shape index (κ1) is 32.4. The molecule has 1 fully saturated rings. The summed E-state index contributed by atoms with van der Waals surface area (Å²) in [6, 6.07) is 13.0. The number of amides is 1. The standard InChI is InChI=1S/C32H45NO5S2/c1-5-40(36)22-26(19-24-12-7-6-8-13-24)38-21-25-15-16-28(29(20-25)27-14-10-9-11-23(27)2)31(34)33-30(17-18-39-4)32(35)37-3/h9-11,14-16,20,24,26,30H,5-8,12-13,17-19,21-22H2,1-4H3,(H,33,34)/t26-,30-,40?/m0/s1. The number of hydrogen-bond acceptors (Lipinski definition) is 6. The Labute approximate surface area is 246 Å². The second kappa shape index (κ2) is 16.9. The summed E-state index contributed by atoms with van der Waals surface area (Å²) in [6.45, 7) is 4.37. The summed E-state index contributed by atoms with van der Waals surface area (Å²) in [5.41, 5.74) is 4.26. The summed E-state index contributed by atoms with van der Waals surface area (Å²) in [7, 11) is 0.442. The largest absolute Gasteiger partial charge is 0.467 e. The van der Waals surface area contributed by atoms with Crippen molar-refractivity contribution in [3.63, 3.8) is 0 Å². The maximum Gasteiger partial charge on any atom is 0.328 e. The zero-order valence-corrected chi connectivity index (χ0v) is 26.0. The molecule has 1 saturated carbocycles. The predicted octanol–water partition coefficient (Wildman–Crippen LogP) is 6.31. The second-order valence-electron chi connectivity index (χ2n) is 10.6. The number of benzene rings is 2. The maximum absolute atomic E-state index is 13.5. The Morgan fingerprint density at radius 3 is 2.52 bits per heavy atom. The molecule has 0 bridgehead atoms. The molecule has 0 heterocycles. The lowest BCUT2D eigenvalue weighted by molar-refractivity contribution is -0.142.